The van der Waals surface area contributed by atoms with Crippen LogP contribution in [0.2, 0.25) is 0 Å². The van der Waals surface area contributed by atoms with Crippen molar-refractivity contribution in [1.29, 1.82) is 0 Å². The van der Waals surface area contributed by atoms with Gasteiger partial charge in [0.05, 0.1) is 5.56 Å². The fraction of sp³-hybridized carbons (Fsp3) is 0.423. The second kappa shape index (κ2) is 10.7. The van der Waals surface area contributed by atoms with Gasteiger partial charge < -0.3 is 4.74 Å². The Balaban J connectivity index is 1.85. The van der Waals surface area contributed by atoms with E-state index in [4.69, 9.17) is 4.74 Å². The average Bonchev–Trinajstić information content (AvgIpc) is 2.97. The van der Waals surface area contributed by atoms with Crippen molar-refractivity contribution in [2.75, 3.05) is 0 Å². The molecule has 1 saturated carbocycles. The summed E-state index contributed by atoms with van der Waals surface area (Å²) in [6.45, 7) is 1.19. The first-order valence-corrected chi connectivity index (χ1v) is 11.3. The van der Waals surface area contributed by atoms with E-state index in [9.17, 15) is 22.8 Å². The van der Waals surface area contributed by atoms with Crippen molar-refractivity contribution in [3.8, 4) is 11.1 Å². The molecule has 0 spiro atoms. The molecule has 0 bridgehead atoms. The highest BCUT2D eigenvalue weighted by atomic mass is 19.4. The van der Waals surface area contributed by atoms with Gasteiger partial charge in [0.1, 0.15) is 0 Å². The molecule has 188 valence electrons. The summed E-state index contributed by atoms with van der Waals surface area (Å²) in [5.74, 6) is -4.50. The lowest BCUT2D eigenvalue weighted by atomic mass is 9.88. The maximum atomic E-state index is 15.0. The minimum absolute atomic E-state index is 0.0237. The fourth-order valence-electron chi connectivity index (χ4n) is 4.21. The minimum atomic E-state index is -4.81. The zero-order valence-corrected chi connectivity index (χ0v) is 19.2. The molecule has 1 aromatic heterocycles. The Bertz CT molecular complexity index is 1080. The van der Waals surface area contributed by atoms with Crippen molar-refractivity contribution in [3.63, 3.8) is 0 Å². The summed E-state index contributed by atoms with van der Waals surface area (Å²) in [7, 11) is 0. The third kappa shape index (κ3) is 6.74. The summed E-state index contributed by atoms with van der Waals surface area (Å²) >= 11 is 0. The standard InChI is InChI=1S/C26H26F5NO3/c1-18(33)35-24(10-4-2-3-9-23(24)34)11-5-6-12-25(27,28)21-14-20(19-8-7-13-32-17-19)15-22(16-21)26(29,30)31/h5-8,13-17H,2-4,9-12H2,1H3/b6-5+. The zero-order chi connectivity index (χ0) is 25.7. The molecule has 3 rings (SSSR count). The number of esters is 1. The molecule has 0 amide bonds. The molecule has 1 aliphatic rings. The van der Waals surface area contributed by atoms with Crippen molar-refractivity contribution in [2.45, 2.75) is 69.6 Å². The molecule has 1 unspecified atom stereocenters. The molecule has 1 fully saturated rings. The van der Waals surface area contributed by atoms with Crippen LogP contribution in [0.3, 0.4) is 0 Å². The van der Waals surface area contributed by atoms with Crippen LogP contribution in [0.4, 0.5) is 22.0 Å². The fourth-order valence-corrected chi connectivity index (χ4v) is 4.21. The molecule has 1 aliphatic carbocycles. The van der Waals surface area contributed by atoms with Gasteiger partial charge in [0.25, 0.3) is 5.92 Å². The number of alkyl halides is 5. The molecule has 1 aromatic carbocycles. The van der Waals surface area contributed by atoms with E-state index in [1.54, 1.807) is 0 Å². The molecule has 0 saturated heterocycles. The number of pyridine rings is 1. The van der Waals surface area contributed by atoms with E-state index < -0.39 is 41.2 Å². The molecule has 1 atom stereocenters. The van der Waals surface area contributed by atoms with Gasteiger partial charge in [0.2, 0.25) is 0 Å². The summed E-state index contributed by atoms with van der Waals surface area (Å²) in [6, 6.07) is 5.28. The predicted octanol–water partition coefficient (Wildman–Crippen LogP) is 7.03. The Morgan fingerprint density at radius 2 is 1.80 bits per heavy atom. The first kappa shape index (κ1) is 26.5. The van der Waals surface area contributed by atoms with Crippen molar-refractivity contribution < 1.29 is 36.3 Å². The smallest absolute Gasteiger partial charge is 0.416 e. The number of ketones is 1. The van der Waals surface area contributed by atoms with Crippen LogP contribution in [0.1, 0.15) is 63.0 Å². The maximum Gasteiger partial charge on any atom is 0.416 e. The summed E-state index contributed by atoms with van der Waals surface area (Å²) in [6.07, 6.45) is 2.09. The van der Waals surface area contributed by atoms with Gasteiger partial charge in [-0.25, -0.2) is 8.78 Å². The van der Waals surface area contributed by atoms with Gasteiger partial charge >= 0.3 is 12.1 Å². The predicted molar refractivity (Wildman–Crippen MR) is 120 cm³/mol. The molecule has 9 heteroatoms. The van der Waals surface area contributed by atoms with E-state index in [-0.39, 0.29) is 29.8 Å². The van der Waals surface area contributed by atoms with E-state index in [0.717, 1.165) is 24.6 Å². The Morgan fingerprint density at radius 1 is 1.06 bits per heavy atom. The Hall–Kier alpha value is -3.10. The van der Waals surface area contributed by atoms with Crippen LogP contribution in [0.15, 0.2) is 54.9 Å². The van der Waals surface area contributed by atoms with Crippen molar-refractivity contribution in [2.24, 2.45) is 0 Å². The average molecular weight is 495 g/mol. The van der Waals surface area contributed by atoms with Crippen LogP contribution in [0.25, 0.3) is 11.1 Å². The third-order valence-corrected chi connectivity index (χ3v) is 6.00. The first-order chi connectivity index (χ1) is 16.4. The number of allylic oxidation sites excluding steroid dienone is 1. The molecule has 2 aromatic rings. The van der Waals surface area contributed by atoms with E-state index in [1.807, 2.05) is 0 Å². The highest BCUT2D eigenvalue weighted by Gasteiger charge is 2.41. The van der Waals surface area contributed by atoms with Gasteiger partial charge in [0.15, 0.2) is 11.4 Å². The number of nitrogens with zero attached hydrogens (tertiary/aromatic N) is 1. The zero-order valence-electron chi connectivity index (χ0n) is 19.2. The minimum Gasteiger partial charge on any atom is -0.451 e. The Kier molecular flexibility index (Phi) is 8.07. The largest absolute Gasteiger partial charge is 0.451 e. The Labute approximate surface area is 200 Å². The monoisotopic (exact) mass is 495 g/mol. The van der Waals surface area contributed by atoms with Gasteiger partial charge in [-0.15, -0.1) is 0 Å². The number of rotatable bonds is 7. The number of halogens is 5. The van der Waals surface area contributed by atoms with Gasteiger partial charge in [-0.3, -0.25) is 14.6 Å². The van der Waals surface area contributed by atoms with Gasteiger partial charge in [-0.05, 0) is 49.1 Å². The lowest BCUT2D eigenvalue weighted by Gasteiger charge is -2.29. The van der Waals surface area contributed by atoms with E-state index in [1.165, 1.54) is 37.5 Å². The van der Waals surface area contributed by atoms with E-state index >= 15 is 8.78 Å². The normalized spacial score (nSPS) is 19.5. The molecule has 1 heterocycles. The van der Waals surface area contributed by atoms with Crippen molar-refractivity contribution >= 4 is 11.8 Å². The van der Waals surface area contributed by atoms with Crippen LogP contribution in [0.5, 0.6) is 0 Å². The second-order valence-corrected chi connectivity index (χ2v) is 8.69. The summed E-state index contributed by atoms with van der Waals surface area (Å²) < 4.78 is 75.7. The van der Waals surface area contributed by atoms with Crippen LogP contribution in [0, 0.1) is 0 Å². The van der Waals surface area contributed by atoms with Gasteiger partial charge in [-0.2, -0.15) is 13.2 Å². The summed E-state index contributed by atoms with van der Waals surface area (Å²) in [5, 5.41) is 0. The molecule has 35 heavy (non-hydrogen) atoms. The highest BCUT2D eigenvalue weighted by molar-refractivity contribution is 5.89. The second-order valence-electron chi connectivity index (χ2n) is 8.69. The number of hydrogen-bond donors (Lipinski definition) is 0. The maximum absolute atomic E-state index is 15.0. The van der Waals surface area contributed by atoms with E-state index in [2.05, 4.69) is 4.98 Å². The topological polar surface area (TPSA) is 56.3 Å². The number of benzene rings is 1. The molecular formula is C26H26F5NO3. The van der Waals surface area contributed by atoms with Crippen LogP contribution in [-0.2, 0) is 26.4 Å². The van der Waals surface area contributed by atoms with Crippen LogP contribution >= 0.6 is 0 Å². The highest BCUT2D eigenvalue weighted by Crippen LogP contribution is 2.40. The van der Waals surface area contributed by atoms with E-state index in [0.29, 0.717) is 25.3 Å². The molecule has 0 radical (unpaired) electrons. The molecule has 4 nitrogen and oxygen atoms in total. The van der Waals surface area contributed by atoms with Crippen molar-refractivity contribution in [3.05, 3.63) is 66.0 Å². The van der Waals surface area contributed by atoms with Crippen molar-refractivity contribution in [1.82, 2.24) is 4.98 Å². The van der Waals surface area contributed by atoms with Crippen LogP contribution in [-0.4, -0.2) is 22.3 Å². The Morgan fingerprint density at radius 3 is 2.46 bits per heavy atom. The summed E-state index contributed by atoms with van der Waals surface area (Å²) in [5.41, 5.74) is -3.10. The van der Waals surface area contributed by atoms with Crippen LogP contribution < -0.4 is 0 Å². The number of aromatic nitrogens is 1. The molecule has 0 N–H and O–H groups in total. The number of carbonyl (C=O) groups excluding carboxylic acids is 2. The third-order valence-electron chi connectivity index (χ3n) is 6.00. The number of hydrogen-bond acceptors (Lipinski definition) is 4. The van der Waals surface area contributed by atoms with Gasteiger partial charge in [-0.1, -0.05) is 24.6 Å². The lowest BCUT2D eigenvalue weighted by molar-refractivity contribution is -0.166. The number of carbonyl (C=O) groups is 2. The van der Waals surface area contributed by atoms with Gasteiger partial charge in [0, 0.05) is 49.7 Å². The quantitative estimate of drug-likeness (QED) is 0.179. The first-order valence-electron chi connectivity index (χ1n) is 11.3. The SMILES string of the molecule is CC(=O)OC1(C/C=C/CC(F)(F)c2cc(-c3cccnc3)cc(C(F)(F)F)c2)CCCCCC1=O. The molecular weight excluding hydrogens is 469 g/mol. The number of ether oxygens (including phenoxy) is 1. The molecule has 0 aliphatic heterocycles. The number of Topliss-reactive ketones (excluding diaryl/α,β-unsaturated/α-hetero) is 1. The lowest BCUT2D eigenvalue weighted by Crippen LogP contribution is -2.41. The summed E-state index contributed by atoms with van der Waals surface area (Å²) in [4.78, 5) is 28.1.